The third-order valence-corrected chi connectivity index (χ3v) is 4.26. The molecule has 0 heterocycles. The third kappa shape index (κ3) is 9.33. The van der Waals surface area contributed by atoms with Gasteiger partial charge >= 0.3 is 0 Å². The predicted molar refractivity (Wildman–Crippen MR) is 117 cm³/mol. The van der Waals surface area contributed by atoms with E-state index in [4.69, 9.17) is 9.47 Å². The number of rotatable bonds is 12. The molecule has 0 N–H and O–H groups in total. The second kappa shape index (κ2) is 13.0. The lowest BCUT2D eigenvalue weighted by Gasteiger charge is -2.19. The smallest absolute Gasteiger partial charge is 0.157 e. The van der Waals surface area contributed by atoms with Crippen molar-refractivity contribution in [2.75, 3.05) is 13.2 Å². The van der Waals surface area contributed by atoms with Crippen molar-refractivity contribution in [3.05, 3.63) is 84.4 Å². The molecule has 0 bridgehead atoms. The summed E-state index contributed by atoms with van der Waals surface area (Å²) in [5.41, 5.74) is 2.21. The van der Waals surface area contributed by atoms with E-state index in [0.29, 0.717) is 25.0 Å². The second-order valence-electron chi connectivity index (χ2n) is 7.21. The first kappa shape index (κ1) is 22.8. The molecule has 1 aliphatic rings. The fourth-order valence-electron chi connectivity index (χ4n) is 2.51. The Morgan fingerprint density at radius 3 is 2.41 bits per heavy atom. The summed E-state index contributed by atoms with van der Waals surface area (Å²) in [4.78, 5) is 0. The van der Waals surface area contributed by atoms with Crippen LogP contribution in [0.15, 0.2) is 84.4 Å². The van der Waals surface area contributed by atoms with E-state index >= 15 is 0 Å². The highest BCUT2D eigenvalue weighted by Gasteiger charge is 2.13. The Bertz CT molecular complexity index is 627. The lowest BCUT2D eigenvalue weighted by Crippen LogP contribution is -2.08. The topological polar surface area (TPSA) is 18.5 Å². The van der Waals surface area contributed by atoms with Gasteiger partial charge in [-0.25, -0.2) is 0 Å². The average molecular weight is 369 g/mol. The van der Waals surface area contributed by atoms with Crippen LogP contribution in [0.4, 0.5) is 0 Å². The van der Waals surface area contributed by atoms with Crippen molar-refractivity contribution in [2.45, 2.75) is 47.0 Å². The Hall–Kier alpha value is -2.22. The van der Waals surface area contributed by atoms with E-state index in [9.17, 15) is 0 Å². The van der Waals surface area contributed by atoms with Gasteiger partial charge < -0.3 is 9.47 Å². The average Bonchev–Trinajstić information content (AvgIpc) is 2.67. The SMILES string of the molecule is C=C/C=C(\C=C)COC(=C/C(C)CC)/C(=C\C(C)C)OCC1=CCCC=C1. The highest BCUT2D eigenvalue weighted by Crippen LogP contribution is 2.22. The van der Waals surface area contributed by atoms with Crippen LogP contribution in [0.2, 0.25) is 0 Å². The Balaban J connectivity index is 3.02. The summed E-state index contributed by atoms with van der Waals surface area (Å²) in [6.45, 7) is 17.3. The summed E-state index contributed by atoms with van der Waals surface area (Å²) in [6, 6.07) is 0. The van der Waals surface area contributed by atoms with Crippen LogP contribution in [0.3, 0.4) is 0 Å². The van der Waals surface area contributed by atoms with E-state index in [2.05, 4.69) is 71.2 Å². The van der Waals surface area contributed by atoms with Gasteiger partial charge in [-0.2, -0.15) is 0 Å². The Labute approximate surface area is 166 Å². The van der Waals surface area contributed by atoms with Crippen molar-refractivity contribution in [3.63, 3.8) is 0 Å². The molecule has 148 valence electrons. The van der Waals surface area contributed by atoms with E-state index in [1.165, 1.54) is 5.57 Å². The zero-order valence-electron chi connectivity index (χ0n) is 17.5. The molecule has 0 saturated carbocycles. The molecule has 2 nitrogen and oxygen atoms in total. The van der Waals surface area contributed by atoms with E-state index < -0.39 is 0 Å². The highest BCUT2D eigenvalue weighted by molar-refractivity contribution is 5.27. The van der Waals surface area contributed by atoms with Crippen LogP contribution in [-0.2, 0) is 9.47 Å². The van der Waals surface area contributed by atoms with E-state index in [0.717, 1.165) is 36.4 Å². The van der Waals surface area contributed by atoms with Crippen LogP contribution in [0, 0.1) is 11.8 Å². The first-order valence-corrected chi connectivity index (χ1v) is 9.99. The molecule has 0 aromatic carbocycles. The van der Waals surface area contributed by atoms with Gasteiger partial charge in [0, 0.05) is 0 Å². The minimum atomic E-state index is 0.363. The highest BCUT2D eigenvalue weighted by atomic mass is 16.5. The van der Waals surface area contributed by atoms with Crippen molar-refractivity contribution < 1.29 is 9.47 Å². The standard InChI is InChI=1S/C25H36O2/c1-7-13-22(9-3)18-26-25(17-21(6)8-2)24(16-20(4)5)27-19-23-14-11-10-12-15-23/h7,9,11,13-17,20-21H,1,3,8,10,12,18-19H2,2,4-6H3/b22-13+,24-16+,25-17+. The first-order chi connectivity index (χ1) is 13.0. The zero-order chi connectivity index (χ0) is 20.1. The molecule has 1 aliphatic carbocycles. The molecule has 0 aromatic rings. The monoisotopic (exact) mass is 368 g/mol. The molecule has 1 atom stereocenters. The normalized spacial score (nSPS) is 16.8. The number of ether oxygens (including phenoxy) is 2. The fourth-order valence-corrected chi connectivity index (χ4v) is 2.51. The van der Waals surface area contributed by atoms with Gasteiger partial charge in [-0.1, -0.05) is 77.3 Å². The predicted octanol–water partition coefficient (Wildman–Crippen LogP) is 7.06. The van der Waals surface area contributed by atoms with Gasteiger partial charge in [0.25, 0.3) is 0 Å². The molecule has 0 fully saturated rings. The minimum absolute atomic E-state index is 0.363. The third-order valence-electron chi connectivity index (χ3n) is 4.26. The lowest BCUT2D eigenvalue weighted by atomic mass is 10.1. The summed E-state index contributed by atoms with van der Waals surface area (Å²) in [5.74, 6) is 2.38. The van der Waals surface area contributed by atoms with Crippen molar-refractivity contribution in [1.82, 2.24) is 0 Å². The molecule has 1 unspecified atom stereocenters. The maximum atomic E-state index is 6.21. The van der Waals surface area contributed by atoms with Gasteiger partial charge in [-0.15, -0.1) is 0 Å². The van der Waals surface area contributed by atoms with Crippen LogP contribution < -0.4 is 0 Å². The zero-order valence-corrected chi connectivity index (χ0v) is 17.5. The summed E-state index contributed by atoms with van der Waals surface area (Å²) in [5, 5.41) is 0. The van der Waals surface area contributed by atoms with Gasteiger partial charge in [-0.05, 0) is 54.4 Å². The van der Waals surface area contributed by atoms with Crippen molar-refractivity contribution in [3.8, 4) is 0 Å². The summed E-state index contributed by atoms with van der Waals surface area (Å²) in [6.07, 6.45) is 19.6. The van der Waals surface area contributed by atoms with Crippen molar-refractivity contribution in [1.29, 1.82) is 0 Å². The van der Waals surface area contributed by atoms with Crippen LogP contribution in [-0.4, -0.2) is 13.2 Å². The molecule has 1 rings (SSSR count). The maximum Gasteiger partial charge on any atom is 0.157 e. The van der Waals surface area contributed by atoms with Crippen molar-refractivity contribution in [2.24, 2.45) is 11.8 Å². The molecule has 2 heteroatoms. The molecule has 27 heavy (non-hydrogen) atoms. The molecule has 0 radical (unpaired) electrons. The number of allylic oxidation sites excluding steroid dienone is 6. The molecule has 0 aromatic heterocycles. The quantitative estimate of drug-likeness (QED) is 0.271. The van der Waals surface area contributed by atoms with Crippen LogP contribution in [0.25, 0.3) is 0 Å². The maximum absolute atomic E-state index is 6.21. The summed E-state index contributed by atoms with van der Waals surface area (Å²) < 4.78 is 12.4. The van der Waals surface area contributed by atoms with Gasteiger partial charge in [0.2, 0.25) is 0 Å². The molecular weight excluding hydrogens is 332 g/mol. The fraction of sp³-hybridized carbons (Fsp3) is 0.440. The lowest BCUT2D eigenvalue weighted by molar-refractivity contribution is 0.172. The largest absolute Gasteiger partial charge is 0.485 e. The second-order valence-corrected chi connectivity index (χ2v) is 7.21. The van der Waals surface area contributed by atoms with Crippen LogP contribution in [0.5, 0.6) is 0 Å². The van der Waals surface area contributed by atoms with E-state index in [1.54, 1.807) is 12.2 Å². The molecule has 0 amide bonds. The van der Waals surface area contributed by atoms with Crippen LogP contribution >= 0.6 is 0 Å². The molecule has 0 spiro atoms. The number of hydrogen-bond acceptors (Lipinski definition) is 2. The Morgan fingerprint density at radius 1 is 1.11 bits per heavy atom. The minimum Gasteiger partial charge on any atom is -0.485 e. The van der Waals surface area contributed by atoms with Gasteiger partial charge in [0.05, 0.1) is 0 Å². The first-order valence-electron chi connectivity index (χ1n) is 9.99. The summed E-state index contributed by atoms with van der Waals surface area (Å²) >= 11 is 0. The van der Waals surface area contributed by atoms with E-state index in [-0.39, 0.29) is 0 Å². The molecule has 0 aliphatic heterocycles. The number of hydrogen-bond donors (Lipinski definition) is 0. The van der Waals surface area contributed by atoms with Crippen LogP contribution in [0.1, 0.15) is 47.0 Å². The van der Waals surface area contributed by atoms with E-state index in [1.807, 2.05) is 6.08 Å². The Morgan fingerprint density at radius 2 is 1.85 bits per heavy atom. The Kier molecular flexibility index (Phi) is 11.0. The van der Waals surface area contributed by atoms with Gasteiger partial charge in [-0.3, -0.25) is 0 Å². The molecule has 0 saturated heterocycles. The van der Waals surface area contributed by atoms with Crippen molar-refractivity contribution >= 4 is 0 Å². The van der Waals surface area contributed by atoms with Gasteiger partial charge in [0.15, 0.2) is 11.5 Å². The molecular formula is C25H36O2. The summed E-state index contributed by atoms with van der Waals surface area (Å²) in [7, 11) is 0. The van der Waals surface area contributed by atoms with Gasteiger partial charge in [0.1, 0.15) is 13.2 Å².